The summed E-state index contributed by atoms with van der Waals surface area (Å²) in [4.78, 5) is 25.6. The first kappa shape index (κ1) is 32.3. The second kappa shape index (κ2) is 13.2. The van der Waals surface area contributed by atoms with E-state index in [1.165, 1.54) is 11.0 Å². The van der Waals surface area contributed by atoms with Crippen molar-refractivity contribution in [2.45, 2.75) is 69.9 Å². The number of benzene rings is 1. The number of nitrogens with one attached hydrogen (secondary N) is 1. The summed E-state index contributed by atoms with van der Waals surface area (Å²) in [6.07, 6.45) is -1.06. The van der Waals surface area contributed by atoms with Crippen LogP contribution in [0.15, 0.2) is 24.4 Å². The first-order chi connectivity index (χ1) is 19.1. The molecule has 0 unspecified atom stereocenters. The van der Waals surface area contributed by atoms with Crippen molar-refractivity contribution in [2.75, 3.05) is 19.7 Å². The fraction of sp³-hybridized carbons (Fsp3) is 0.519. The van der Waals surface area contributed by atoms with Crippen LogP contribution in [0.5, 0.6) is 11.6 Å². The third-order valence-electron chi connectivity index (χ3n) is 6.58. The second-order valence-corrected chi connectivity index (χ2v) is 10.8. The lowest BCUT2D eigenvalue weighted by Gasteiger charge is -2.34. The highest BCUT2D eigenvalue weighted by atomic mass is 35.5. The molecular formula is C27H30ClF5N2O6. The zero-order valence-corrected chi connectivity index (χ0v) is 23.1. The minimum absolute atomic E-state index is 0.0181. The summed E-state index contributed by atoms with van der Waals surface area (Å²) in [5.41, 5.74) is -0.280. The van der Waals surface area contributed by atoms with Gasteiger partial charge in [0.15, 0.2) is 5.67 Å². The number of quaternary nitrogens is 1. The molecule has 2 N–H and O–H groups in total. The normalized spacial score (nSPS) is 20.7. The third-order valence-corrected chi connectivity index (χ3v) is 6.85. The van der Waals surface area contributed by atoms with Crippen molar-refractivity contribution in [1.82, 2.24) is 4.98 Å². The molecule has 1 saturated heterocycles. The van der Waals surface area contributed by atoms with Crippen LogP contribution in [-0.2, 0) is 11.3 Å². The van der Waals surface area contributed by atoms with E-state index in [4.69, 9.17) is 31.0 Å². The lowest BCUT2D eigenvalue weighted by atomic mass is 9.94. The Morgan fingerprint density at radius 2 is 1.83 bits per heavy atom. The Balaban J connectivity index is 0.000000587. The molecule has 2 fully saturated rings. The molecule has 0 spiro atoms. The maximum Gasteiger partial charge on any atom is 0.430 e. The summed E-state index contributed by atoms with van der Waals surface area (Å²) in [6, 6.07) is 4.26. The zero-order chi connectivity index (χ0) is 30.5. The number of ether oxygens (including phenoxy) is 2. The average molecular weight is 609 g/mol. The van der Waals surface area contributed by atoms with E-state index in [1.807, 2.05) is 19.9 Å². The van der Waals surface area contributed by atoms with Crippen molar-refractivity contribution in [3.63, 3.8) is 0 Å². The number of aliphatic carboxylic acids is 1. The number of carboxylic acids is 2. The van der Waals surface area contributed by atoms with Gasteiger partial charge in [0.05, 0.1) is 24.8 Å². The molecule has 0 amide bonds. The molecule has 2 aromatic rings. The van der Waals surface area contributed by atoms with Gasteiger partial charge in [-0.3, -0.25) is 0 Å². The standard InChI is InChI=1S/C25H29ClF2N2O4.C2HF3O2/c1-15(2)34-23-20(26)9-16(12-29-23)13-30-7-5-25(28,6-8-30)14-33-22-11-21(27)19(24(31)32)10-18(22)17-3-4-17;3-2(4,5)1(6)7/h9-12,15,17H,3-8,13-14H2,1-2H3,(H,31,32);(H,6,7). The summed E-state index contributed by atoms with van der Waals surface area (Å²) in [7, 11) is 0. The van der Waals surface area contributed by atoms with E-state index < -0.39 is 29.6 Å². The largest absolute Gasteiger partial charge is 0.542 e. The summed E-state index contributed by atoms with van der Waals surface area (Å²) in [6.45, 7) is 5.54. The smallest absolute Gasteiger partial charge is 0.430 e. The van der Waals surface area contributed by atoms with Gasteiger partial charge < -0.3 is 29.4 Å². The molecule has 1 aromatic carbocycles. The number of likely N-dealkylation sites (tertiary alicyclic amines) is 1. The quantitative estimate of drug-likeness (QED) is 0.419. The number of hydrogen-bond acceptors (Lipinski definition) is 6. The summed E-state index contributed by atoms with van der Waals surface area (Å²) >= 11 is 6.28. The number of hydrogen-bond donors (Lipinski definition) is 2. The highest BCUT2D eigenvalue weighted by Gasteiger charge is 2.39. The Labute approximate surface area is 238 Å². The third kappa shape index (κ3) is 9.42. The van der Waals surface area contributed by atoms with Crippen LogP contribution in [0.2, 0.25) is 5.02 Å². The highest BCUT2D eigenvalue weighted by Crippen LogP contribution is 2.45. The van der Waals surface area contributed by atoms with E-state index in [0.717, 1.165) is 24.5 Å². The van der Waals surface area contributed by atoms with Crippen LogP contribution in [0.4, 0.5) is 22.0 Å². The predicted molar refractivity (Wildman–Crippen MR) is 134 cm³/mol. The van der Waals surface area contributed by atoms with Gasteiger partial charge in [-0.15, -0.1) is 0 Å². The van der Waals surface area contributed by atoms with Gasteiger partial charge in [0.1, 0.15) is 35.7 Å². The number of carboxylic acid groups (broad SMARTS) is 2. The van der Waals surface area contributed by atoms with Crippen LogP contribution in [0.1, 0.15) is 66.9 Å². The minimum Gasteiger partial charge on any atom is -0.542 e. The lowest BCUT2D eigenvalue weighted by Crippen LogP contribution is -3.12. The van der Waals surface area contributed by atoms with Crippen molar-refractivity contribution >= 4 is 23.5 Å². The molecule has 226 valence electrons. The predicted octanol–water partition coefficient (Wildman–Crippen LogP) is 3.50. The van der Waals surface area contributed by atoms with E-state index in [9.17, 15) is 27.5 Å². The number of rotatable bonds is 9. The number of nitrogens with zero attached hydrogens (tertiary/aromatic N) is 1. The zero-order valence-electron chi connectivity index (χ0n) is 22.3. The molecule has 14 heteroatoms. The molecule has 2 aliphatic rings. The molecule has 8 nitrogen and oxygen atoms in total. The Kier molecular flexibility index (Phi) is 10.4. The molecule has 1 aromatic heterocycles. The Hall–Kier alpha value is -3.19. The molecule has 4 rings (SSSR count). The SMILES string of the molecule is CC(C)Oc1ncc(C[NH+]2CCC(F)(COc3cc(F)c(C(=O)O)cc3C3CC3)CC2)cc1Cl.O=C([O-])C(F)(F)F. The molecule has 1 aliphatic carbocycles. The van der Waals surface area contributed by atoms with Crippen molar-refractivity contribution in [2.24, 2.45) is 0 Å². The molecule has 0 atom stereocenters. The van der Waals surface area contributed by atoms with E-state index in [1.54, 1.807) is 6.20 Å². The van der Waals surface area contributed by atoms with Crippen molar-refractivity contribution in [1.29, 1.82) is 0 Å². The van der Waals surface area contributed by atoms with Crippen molar-refractivity contribution < 1.29 is 56.1 Å². The summed E-state index contributed by atoms with van der Waals surface area (Å²) in [5, 5.41) is 18.4. The molecular weight excluding hydrogens is 579 g/mol. The molecule has 1 saturated carbocycles. The van der Waals surface area contributed by atoms with Gasteiger partial charge in [-0.25, -0.2) is 18.6 Å². The van der Waals surface area contributed by atoms with Crippen LogP contribution in [0.3, 0.4) is 0 Å². The number of carbonyl (C=O) groups is 2. The average Bonchev–Trinajstić information content (AvgIpc) is 3.71. The molecule has 0 bridgehead atoms. The molecule has 2 heterocycles. The highest BCUT2D eigenvalue weighted by molar-refractivity contribution is 6.31. The van der Waals surface area contributed by atoms with Gasteiger partial charge in [0.25, 0.3) is 0 Å². The van der Waals surface area contributed by atoms with E-state index in [0.29, 0.717) is 48.9 Å². The number of carbonyl (C=O) groups excluding carboxylic acids is 1. The maximum atomic E-state index is 15.5. The molecule has 1 aliphatic heterocycles. The van der Waals surface area contributed by atoms with Gasteiger partial charge in [0, 0.05) is 30.7 Å². The monoisotopic (exact) mass is 608 g/mol. The number of halogens is 6. The fourth-order valence-corrected chi connectivity index (χ4v) is 4.55. The van der Waals surface area contributed by atoms with E-state index in [-0.39, 0.29) is 29.9 Å². The van der Waals surface area contributed by atoms with Crippen molar-refractivity contribution in [3.8, 4) is 11.6 Å². The van der Waals surface area contributed by atoms with Gasteiger partial charge in [-0.2, -0.15) is 13.2 Å². The molecule has 41 heavy (non-hydrogen) atoms. The number of piperidine rings is 1. The van der Waals surface area contributed by atoms with Crippen molar-refractivity contribution in [3.05, 3.63) is 51.9 Å². The van der Waals surface area contributed by atoms with Crippen LogP contribution < -0.4 is 19.5 Å². The first-order valence-electron chi connectivity index (χ1n) is 12.9. The number of aromatic carboxylic acids is 1. The van der Waals surface area contributed by atoms with E-state index >= 15 is 4.39 Å². The Morgan fingerprint density at radius 3 is 2.32 bits per heavy atom. The minimum atomic E-state index is -5.19. The number of pyridine rings is 1. The van der Waals surface area contributed by atoms with E-state index in [2.05, 4.69) is 4.98 Å². The van der Waals surface area contributed by atoms with Crippen LogP contribution in [0.25, 0.3) is 0 Å². The summed E-state index contributed by atoms with van der Waals surface area (Å²) < 4.78 is 72.6. The van der Waals surface area contributed by atoms with Gasteiger partial charge in [-0.05, 0) is 50.3 Å². The second-order valence-electron chi connectivity index (χ2n) is 10.4. The lowest BCUT2D eigenvalue weighted by molar-refractivity contribution is -0.920. The van der Waals surface area contributed by atoms with Gasteiger partial charge >= 0.3 is 12.1 Å². The van der Waals surface area contributed by atoms with Crippen LogP contribution >= 0.6 is 11.6 Å². The maximum absolute atomic E-state index is 15.5. The topological polar surface area (TPSA) is 113 Å². The van der Waals surface area contributed by atoms with Gasteiger partial charge in [0.2, 0.25) is 5.88 Å². The number of aromatic nitrogens is 1. The first-order valence-corrected chi connectivity index (χ1v) is 13.3. The Morgan fingerprint density at radius 1 is 1.22 bits per heavy atom. The van der Waals surface area contributed by atoms with Gasteiger partial charge in [-0.1, -0.05) is 11.6 Å². The molecule has 0 radical (unpaired) electrons. The van der Waals surface area contributed by atoms with Crippen LogP contribution in [0, 0.1) is 5.82 Å². The number of alkyl halides is 4. The van der Waals surface area contributed by atoms with Crippen LogP contribution in [-0.4, -0.2) is 59.7 Å². The Bertz CT molecular complexity index is 1250. The fourth-order valence-electron chi connectivity index (χ4n) is 4.31. The summed E-state index contributed by atoms with van der Waals surface area (Å²) in [5.74, 6) is -4.38.